The van der Waals surface area contributed by atoms with Crippen LogP contribution in [0.5, 0.6) is 11.5 Å². The molecule has 0 atom stereocenters. The second-order valence-corrected chi connectivity index (χ2v) is 7.01. The highest BCUT2D eigenvalue weighted by Crippen LogP contribution is 2.37. The molecule has 0 bridgehead atoms. The molecule has 1 heterocycles. The van der Waals surface area contributed by atoms with Crippen LogP contribution in [-0.4, -0.2) is 22.7 Å². The third-order valence-electron chi connectivity index (χ3n) is 3.92. The predicted molar refractivity (Wildman–Crippen MR) is 101 cm³/mol. The molecule has 0 aliphatic carbocycles. The zero-order valence-electron chi connectivity index (χ0n) is 15.2. The molecular formula is C20H16F3NO4S. The summed E-state index contributed by atoms with van der Waals surface area (Å²) in [6, 6.07) is 10.2. The molecule has 0 unspecified atom stereocenters. The van der Waals surface area contributed by atoms with Gasteiger partial charge in [0.2, 0.25) is 0 Å². The number of rotatable bonds is 7. The van der Waals surface area contributed by atoms with Crippen molar-refractivity contribution >= 4 is 17.3 Å². The Hall–Kier alpha value is -3.07. The van der Waals surface area contributed by atoms with Crippen molar-refractivity contribution in [1.82, 2.24) is 4.98 Å². The number of aryl methyl sites for hydroxylation is 1. The monoisotopic (exact) mass is 423 g/mol. The van der Waals surface area contributed by atoms with Crippen LogP contribution in [0, 0.1) is 6.92 Å². The molecule has 0 aliphatic rings. The molecule has 9 heteroatoms. The number of hydrogen-bond acceptors (Lipinski definition) is 5. The van der Waals surface area contributed by atoms with Gasteiger partial charge in [0.15, 0.2) is 6.61 Å². The first-order valence-electron chi connectivity index (χ1n) is 8.43. The standard InChI is InChI=1S/C20H16F3NO4S/c1-12-8-13(6-7-17(12)28-10-19(25)26)27-9-18-24-16(11-29-18)14-4-2-3-5-15(14)20(21,22)23/h2-8,11H,9-10H2,1H3,(H,25,26). The second-order valence-electron chi connectivity index (χ2n) is 6.07. The normalized spacial score (nSPS) is 11.3. The van der Waals surface area contributed by atoms with Crippen LogP contribution in [0.1, 0.15) is 16.1 Å². The summed E-state index contributed by atoms with van der Waals surface area (Å²) in [5.41, 5.74) is 0.237. The van der Waals surface area contributed by atoms with Gasteiger partial charge >= 0.3 is 12.1 Å². The number of thiazole rings is 1. The van der Waals surface area contributed by atoms with Gasteiger partial charge in [0.25, 0.3) is 0 Å². The lowest BCUT2D eigenvalue weighted by molar-refractivity contribution is -0.139. The summed E-state index contributed by atoms with van der Waals surface area (Å²) >= 11 is 1.21. The molecule has 2 aromatic carbocycles. The molecule has 0 fully saturated rings. The summed E-state index contributed by atoms with van der Waals surface area (Å²) in [5, 5.41) is 10.8. The third kappa shape index (κ3) is 5.26. The van der Waals surface area contributed by atoms with Gasteiger partial charge in [-0.2, -0.15) is 13.2 Å². The number of carboxylic acids is 1. The lowest BCUT2D eigenvalue weighted by Crippen LogP contribution is -2.10. The van der Waals surface area contributed by atoms with Crippen LogP contribution in [0.25, 0.3) is 11.3 Å². The van der Waals surface area contributed by atoms with Crippen LogP contribution in [0.3, 0.4) is 0 Å². The fraction of sp³-hybridized carbons (Fsp3) is 0.200. The molecule has 1 N–H and O–H groups in total. The molecule has 1 aromatic heterocycles. The maximum absolute atomic E-state index is 13.2. The quantitative estimate of drug-likeness (QED) is 0.567. The molecule has 5 nitrogen and oxygen atoms in total. The molecule has 0 spiro atoms. The molecule has 0 aliphatic heterocycles. The molecule has 0 amide bonds. The van der Waals surface area contributed by atoms with E-state index in [1.54, 1.807) is 30.5 Å². The smallest absolute Gasteiger partial charge is 0.417 e. The molecule has 3 rings (SSSR count). The van der Waals surface area contributed by atoms with E-state index in [9.17, 15) is 18.0 Å². The molecule has 0 saturated heterocycles. The van der Waals surface area contributed by atoms with Gasteiger partial charge in [0.1, 0.15) is 23.1 Å². The van der Waals surface area contributed by atoms with E-state index >= 15 is 0 Å². The van der Waals surface area contributed by atoms with Crippen LogP contribution >= 0.6 is 11.3 Å². The Morgan fingerprint density at radius 3 is 2.62 bits per heavy atom. The number of halogens is 3. The fourth-order valence-corrected chi connectivity index (χ4v) is 3.32. The number of hydrogen-bond donors (Lipinski definition) is 1. The largest absolute Gasteiger partial charge is 0.486 e. The van der Waals surface area contributed by atoms with Crippen molar-refractivity contribution in [2.24, 2.45) is 0 Å². The zero-order valence-corrected chi connectivity index (χ0v) is 16.0. The maximum Gasteiger partial charge on any atom is 0.417 e. The summed E-state index contributed by atoms with van der Waals surface area (Å²) in [5.74, 6) is -0.131. The number of alkyl halides is 3. The van der Waals surface area contributed by atoms with Gasteiger partial charge < -0.3 is 14.6 Å². The summed E-state index contributed by atoms with van der Waals surface area (Å²) in [4.78, 5) is 14.8. The van der Waals surface area contributed by atoms with Crippen molar-refractivity contribution in [3.05, 3.63) is 64.0 Å². The average molecular weight is 423 g/mol. The lowest BCUT2D eigenvalue weighted by atomic mass is 10.1. The van der Waals surface area contributed by atoms with E-state index in [1.165, 1.54) is 29.5 Å². The summed E-state index contributed by atoms with van der Waals surface area (Å²) in [7, 11) is 0. The Bertz CT molecular complexity index is 1020. The molecule has 3 aromatic rings. The number of ether oxygens (including phenoxy) is 2. The highest BCUT2D eigenvalue weighted by atomic mass is 32.1. The van der Waals surface area contributed by atoms with Crippen LogP contribution < -0.4 is 9.47 Å². The van der Waals surface area contributed by atoms with Crippen molar-refractivity contribution in [1.29, 1.82) is 0 Å². The Labute approximate surface area is 168 Å². The van der Waals surface area contributed by atoms with Crippen LogP contribution in [0.15, 0.2) is 47.8 Å². The average Bonchev–Trinajstić information content (AvgIpc) is 3.14. The van der Waals surface area contributed by atoms with Gasteiger partial charge in [0.05, 0.1) is 11.3 Å². The van der Waals surface area contributed by atoms with Crippen molar-refractivity contribution in [3.63, 3.8) is 0 Å². The number of aromatic nitrogens is 1. The highest BCUT2D eigenvalue weighted by Gasteiger charge is 2.33. The van der Waals surface area contributed by atoms with Crippen molar-refractivity contribution in [2.45, 2.75) is 19.7 Å². The first-order valence-corrected chi connectivity index (χ1v) is 9.31. The Morgan fingerprint density at radius 1 is 1.17 bits per heavy atom. The minimum atomic E-state index is -4.46. The van der Waals surface area contributed by atoms with E-state index in [2.05, 4.69) is 4.98 Å². The summed E-state index contributed by atoms with van der Waals surface area (Å²) < 4.78 is 50.4. The molecular weight excluding hydrogens is 407 g/mol. The first kappa shape index (κ1) is 20.7. The molecule has 0 radical (unpaired) electrons. The Kier molecular flexibility index (Phi) is 6.07. The Morgan fingerprint density at radius 2 is 1.93 bits per heavy atom. The van der Waals surface area contributed by atoms with E-state index in [0.29, 0.717) is 22.1 Å². The molecule has 152 valence electrons. The minimum Gasteiger partial charge on any atom is -0.486 e. The van der Waals surface area contributed by atoms with E-state index in [4.69, 9.17) is 14.6 Å². The van der Waals surface area contributed by atoms with Gasteiger partial charge in [-0.1, -0.05) is 18.2 Å². The number of carbonyl (C=O) groups is 1. The van der Waals surface area contributed by atoms with Gasteiger partial charge in [-0.25, -0.2) is 9.78 Å². The number of benzene rings is 2. The molecule has 29 heavy (non-hydrogen) atoms. The van der Waals surface area contributed by atoms with Crippen LogP contribution in [0.2, 0.25) is 0 Å². The fourth-order valence-electron chi connectivity index (χ4n) is 2.61. The van der Waals surface area contributed by atoms with E-state index in [0.717, 1.165) is 6.07 Å². The van der Waals surface area contributed by atoms with Gasteiger partial charge in [-0.15, -0.1) is 11.3 Å². The predicted octanol–water partition coefficient (Wildman–Crippen LogP) is 5.18. The van der Waals surface area contributed by atoms with Crippen LogP contribution in [-0.2, 0) is 17.6 Å². The maximum atomic E-state index is 13.2. The van der Waals surface area contributed by atoms with Crippen molar-refractivity contribution in [3.8, 4) is 22.8 Å². The van der Waals surface area contributed by atoms with E-state index in [1.807, 2.05) is 0 Å². The second kappa shape index (κ2) is 8.52. The van der Waals surface area contributed by atoms with Crippen molar-refractivity contribution in [2.75, 3.05) is 6.61 Å². The minimum absolute atomic E-state index is 0.0262. The highest BCUT2D eigenvalue weighted by molar-refractivity contribution is 7.09. The number of aliphatic carboxylic acids is 1. The van der Waals surface area contributed by atoms with Gasteiger partial charge in [-0.3, -0.25) is 0 Å². The van der Waals surface area contributed by atoms with E-state index < -0.39 is 24.3 Å². The SMILES string of the molecule is Cc1cc(OCc2nc(-c3ccccc3C(F)(F)F)cs2)ccc1OCC(=O)O. The summed E-state index contributed by atoms with van der Waals surface area (Å²) in [6.07, 6.45) is -4.46. The number of nitrogens with zero attached hydrogens (tertiary/aromatic N) is 1. The summed E-state index contributed by atoms with van der Waals surface area (Å²) in [6.45, 7) is 1.40. The number of carboxylic acid groups (broad SMARTS) is 1. The Balaban J connectivity index is 1.69. The topological polar surface area (TPSA) is 68.7 Å². The van der Waals surface area contributed by atoms with Crippen molar-refractivity contribution < 1.29 is 32.5 Å². The van der Waals surface area contributed by atoms with Gasteiger partial charge in [-0.05, 0) is 36.8 Å². The van der Waals surface area contributed by atoms with Crippen LogP contribution in [0.4, 0.5) is 13.2 Å². The zero-order chi connectivity index (χ0) is 21.0. The lowest BCUT2D eigenvalue weighted by Gasteiger charge is -2.11. The van der Waals surface area contributed by atoms with E-state index in [-0.39, 0.29) is 17.9 Å². The molecule has 0 saturated carbocycles. The third-order valence-corrected chi connectivity index (χ3v) is 4.74. The first-order chi connectivity index (χ1) is 13.7. The van der Waals surface area contributed by atoms with Gasteiger partial charge in [0, 0.05) is 10.9 Å².